The van der Waals surface area contributed by atoms with Gasteiger partial charge in [-0.2, -0.15) is 8.42 Å². The number of hydrogen-bond acceptors (Lipinski definition) is 7. The fourth-order valence-electron chi connectivity index (χ4n) is 4.77. The van der Waals surface area contributed by atoms with Crippen molar-refractivity contribution in [1.82, 2.24) is 14.9 Å². The van der Waals surface area contributed by atoms with E-state index in [1.54, 1.807) is 49.4 Å². The number of rotatable bonds is 10. The van der Waals surface area contributed by atoms with Crippen LogP contribution in [-0.4, -0.2) is 64.2 Å². The van der Waals surface area contributed by atoms with Gasteiger partial charge in [-0.3, -0.25) is 9.59 Å². The third-order valence-corrected chi connectivity index (χ3v) is 9.59. The predicted molar refractivity (Wildman–Crippen MR) is 167 cm³/mol. The van der Waals surface area contributed by atoms with Gasteiger partial charge >= 0.3 is 6.03 Å². The van der Waals surface area contributed by atoms with Crippen LogP contribution in [0.4, 0.5) is 10.5 Å². The van der Waals surface area contributed by atoms with Gasteiger partial charge in [-0.15, -0.1) is 4.40 Å². The molecule has 0 aliphatic carbocycles. The summed E-state index contributed by atoms with van der Waals surface area (Å²) in [5.74, 6) is -1.72. The van der Waals surface area contributed by atoms with Crippen molar-refractivity contribution in [2.45, 2.75) is 48.1 Å². The van der Waals surface area contributed by atoms with Crippen LogP contribution in [0.5, 0.6) is 0 Å². The van der Waals surface area contributed by atoms with E-state index < -0.39 is 55.9 Å². The van der Waals surface area contributed by atoms with Crippen LogP contribution in [0.25, 0.3) is 0 Å². The molecule has 16 heteroatoms. The van der Waals surface area contributed by atoms with Crippen LogP contribution >= 0.6 is 0 Å². The standard InChI is InChI=1S/C29H33N7O7S2/c1-19-9-13-22(14-10-19)45(42,43)35-29(39)33-24(18-20-6-3-2-4-7-20)27(38)36-17-5-8-25(36)26(37)32-21-11-15-23(16-12-21)44(40,41)34-28(30)31/h2-4,6-7,9-16,24-25H,5,8,17-18H2,1H3,(H,32,37)(H4,30,31,34)(H2,33,35,39)/t24-,25+/m1/s1. The Kier molecular flexibility index (Phi) is 10.1. The number of carbonyl (C=O) groups is 3. The van der Waals surface area contributed by atoms with Gasteiger partial charge in [0.05, 0.1) is 9.79 Å². The quantitative estimate of drug-likeness (QED) is 0.156. The van der Waals surface area contributed by atoms with Crippen molar-refractivity contribution in [3.05, 3.63) is 90.0 Å². The van der Waals surface area contributed by atoms with Crippen molar-refractivity contribution in [1.29, 1.82) is 0 Å². The predicted octanol–water partition coefficient (Wildman–Crippen LogP) is 1.19. The largest absolute Gasteiger partial charge is 0.369 e. The molecule has 1 aliphatic rings. The van der Waals surface area contributed by atoms with E-state index in [-0.39, 0.29) is 28.4 Å². The van der Waals surface area contributed by atoms with Gasteiger partial charge in [0.15, 0.2) is 0 Å². The number of guanidine groups is 1. The molecule has 0 radical (unpaired) electrons. The molecule has 14 nitrogen and oxygen atoms in total. The van der Waals surface area contributed by atoms with E-state index in [0.717, 1.165) is 5.56 Å². The fourth-order valence-corrected chi connectivity index (χ4v) is 6.54. The number of amides is 4. The molecule has 7 N–H and O–H groups in total. The summed E-state index contributed by atoms with van der Waals surface area (Å²) in [4.78, 5) is 41.0. The van der Waals surface area contributed by atoms with Gasteiger partial charge < -0.3 is 27.0 Å². The maximum Gasteiger partial charge on any atom is 0.329 e. The third-order valence-electron chi connectivity index (χ3n) is 6.93. The summed E-state index contributed by atoms with van der Waals surface area (Å²) < 4.78 is 55.1. The minimum absolute atomic E-state index is 0.0360. The molecule has 1 saturated heterocycles. The van der Waals surface area contributed by atoms with Crippen LogP contribution in [0.1, 0.15) is 24.0 Å². The zero-order chi connectivity index (χ0) is 32.8. The lowest BCUT2D eigenvalue weighted by molar-refractivity contribution is -0.138. The van der Waals surface area contributed by atoms with Gasteiger partial charge in [0.25, 0.3) is 20.0 Å². The Hall–Kier alpha value is -4.96. The average Bonchev–Trinajstić information content (AvgIpc) is 3.47. The molecule has 2 atom stereocenters. The number of nitrogens with zero attached hydrogens (tertiary/aromatic N) is 2. The fraction of sp³-hybridized carbons (Fsp3) is 0.241. The molecule has 238 valence electrons. The lowest BCUT2D eigenvalue weighted by Gasteiger charge is -2.29. The topological polar surface area (TPSA) is 223 Å². The van der Waals surface area contributed by atoms with Crippen LogP contribution in [0, 0.1) is 6.92 Å². The summed E-state index contributed by atoms with van der Waals surface area (Å²) >= 11 is 0. The second kappa shape index (κ2) is 13.8. The molecule has 45 heavy (non-hydrogen) atoms. The molecule has 1 fully saturated rings. The number of hydrogen-bond donors (Lipinski definition) is 5. The first-order chi connectivity index (χ1) is 21.2. The molecule has 4 rings (SSSR count). The van der Waals surface area contributed by atoms with Crippen LogP contribution in [0.15, 0.2) is 93.1 Å². The van der Waals surface area contributed by atoms with E-state index in [1.807, 2.05) is 4.72 Å². The molecule has 0 aromatic heterocycles. The highest BCUT2D eigenvalue weighted by Crippen LogP contribution is 2.23. The lowest BCUT2D eigenvalue weighted by Crippen LogP contribution is -2.55. The van der Waals surface area contributed by atoms with Crippen molar-refractivity contribution in [2.24, 2.45) is 15.9 Å². The number of sulfonamides is 2. The first-order valence-corrected chi connectivity index (χ1v) is 16.7. The first kappa shape index (κ1) is 32.9. The number of benzene rings is 3. The number of nitrogens with two attached hydrogens (primary N) is 2. The molecule has 1 heterocycles. The molecule has 0 saturated carbocycles. The highest BCUT2D eigenvalue weighted by Gasteiger charge is 2.38. The number of carbonyl (C=O) groups excluding carboxylic acids is 3. The number of anilines is 1. The molecular weight excluding hydrogens is 622 g/mol. The Labute approximate surface area is 261 Å². The van der Waals surface area contributed by atoms with Crippen molar-refractivity contribution >= 4 is 49.5 Å². The molecular formula is C29H33N7O7S2. The molecule has 0 spiro atoms. The smallest absolute Gasteiger partial charge is 0.329 e. The number of urea groups is 1. The average molecular weight is 656 g/mol. The highest BCUT2D eigenvalue weighted by molar-refractivity contribution is 7.90. The Balaban J connectivity index is 1.49. The lowest BCUT2D eigenvalue weighted by atomic mass is 10.0. The van der Waals surface area contributed by atoms with Crippen molar-refractivity contribution in [2.75, 3.05) is 11.9 Å². The van der Waals surface area contributed by atoms with Crippen LogP contribution in [-0.2, 0) is 36.1 Å². The van der Waals surface area contributed by atoms with E-state index in [2.05, 4.69) is 15.0 Å². The zero-order valence-electron chi connectivity index (χ0n) is 24.2. The van der Waals surface area contributed by atoms with E-state index in [4.69, 9.17) is 11.5 Å². The summed E-state index contributed by atoms with van der Waals surface area (Å²) in [6.45, 7) is 2.02. The van der Waals surface area contributed by atoms with Gasteiger partial charge in [0.1, 0.15) is 12.1 Å². The summed E-state index contributed by atoms with van der Waals surface area (Å²) in [6.07, 6.45) is 0.875. The van der Waals surface area contributed by atoms with E-state index in [9.17, 15) is 31.2 Å². The number of aryl methyl sites for hydroxylation is 1. The monoisotopic (exact) mass is 655 g/mol. The first-order valence-electron chi connectivity index (χ1n) is 13.8. The van der Waals surface area contributed by atoms with E-state index in [0.29, 0.717) is 18.4 Å². The second-order valence-electron chi connectivity index (χ2n) is 10.3. The number of likely N-dealkylation sites (tertiary alicyclic amines) is 1. The Bertz CT molecular complexity index is 1790. The highest BCUT2D eigenvalue weighted by atomic mass is 32.2. The van der Waals surface area contributed by atoms with Crippen molar-refractivity contribution in [3.8, 4) is 0 Å². The van der Waals surface area contributed by atoms with Crippen molar-refractivity contribution < 1.29 is 31.2 Å². The Morgan fingerprint density at radius 1 is 0.911 bits per heavy atom. The molecule has 3 aromatic carbocycles. The van der Waals surface area contributed by atoms with Gasteiger partial charge in [-0.05, 0) is 61.7 Å². The SMILES string of the molecule is Cc1ccc(S(=O)(=O)NC(=O)N[C@H](Cc2ccccc2)C(=O)N2CCC[C@H]2C(=O)Nc2ccc(S(=O)(=O)N=C(N)N)cc2)cc1. The summed E-state index contributed by atoms with van der Waals surface area (Å²) in [5.41, 5.74) is 12.1. The zero-order valence-corrected chi connectivity index (χ0v) is 25.8. The van der Waals surface area contributed by atoms with Crippen LogP contribution < -0.4 is 26.8 Å². The van der Waals surface area contributed by atoms with Crippen LogP contribution in [0.2, 0.25) is 0 Å². The van der Waals surface area contributed by atoms with Gasteiger partial charge in [-0.25, -0.2) is 17.9 Å². The van der Waals surface area contributed by atoms with E-state index in [1.165, 1.54) is 41.3 Å². The summed E-state index contributed by atoms with van der Waals surface area (Å²) in [7, 11) is -8.34. The maximum absolute atomic E-state index is 13.8. The van der Waals surface area contributed by atoms with Gasteiger partial charge in [0, 0.05) is 18.7 Å². The Morgan fingerprint density at radius 2 is 1.53 bits per heavy atom. The van der Waals surface area contributed by atoms with Crippen molar-refractivity contribution in [3.63, 3.8) is 0 Å². The molecule has 4 amide bonds. The molecule has 0 bridgehead atoms. The van der Waals surface area contributed by atoms with E-state index >= 15 is 0 Å². The minimum atomic E-state index is -4.22. The van der Waals surface area contributed by atoms with Gasteiger partial charge in [0.2, 0.25) is 17.8 Å². The summed E-state index contributed by atoms with van der Waals surface area (Å²) in [5, 5.41) is 5.16. The normalized spacial score (nSPS) is 15.5. The Morgan fingerprint density at radius 3 is 2.16 bits per heavy atom. The third kappa shape index (κ3) is 8.57. The summed E-state index contributed by atoms with van der Waals surface area (Å²) in [6, 6.07) is 16.7. The second-order valence-corrected chi connectivity index (χ2v) is 13.6. The molecule has 0 unspecified atom stereocenters. The minimum Gasteiger partial charge on any atom is -0.369 e. The number of nitrogens with one attached hydrogen (secondary N) is 3. The van der Waals surface area contributed by atoms with Gasteiger partial charge in [-0.1, -0.05) is 48.0 Å². The molecule has 3 aromatic rings. The van der Waals surface area contributed by atoms with Crippen LogP contribution in [0.3, 0.4) is 0 Å². The molecule has 1 aliphatic heterocycles. The maximum atomic E-state index is 13.8.